The van der Waals surface area contributed by atoms with E-state index in [2.05, 4.69) is 27.7 Å². The Morgan fingerprint density at radius 1 is 0.868 bits per heavy atom. The second-order valence-corrected chi connectivity index (χ2v) is 12.0. The zero-order valence-corrected chi connectivity index (χ0v) is 23.0. The smallest absolute Gasteiger partial charge is 0.255 e. The summed E-state index contributed by atoms with van der Waals surface area (Å²) in [7, 11) is 0. The Bertz CT molecular complexity index is 981. The fourth-order valence-electron chi connectivity index (χ4n) is 6.94. The molecule has 1 aliphatic carbocycles. The minimum absolute atomic E-state index is 0.0867. The lowest BCUT2D eigenvalue weighted by Gasteiger charge is -2.32. The second kappa shape index (κ2) is 13.2. The summed E-state index contributed by atoms with van der Waals surface area (Å²) in [4.78, 5) is 41.1. The molecule has 7 heteroatoms. The van der Waals surface area contributed by atoms with E-state index in [-0.39, 0.29) is 24.1 Å². The van der Waals surface area contributed by atoms with E-state index in [0.29, 0.717) is 24.4 Å². The normalized spacial score (nSPS) is 23.6. The topological polar surface area (TPSA) is 81.8 Å². The van der Waals surface area contributed by atoms with Crippen molar-refractivity contribution in [3.8, 4) is 0 Å². The molecule has 0 aromatic heterocycles. The van der Waals surface area contributed by atoms with E-state index in [1.54, 1.807) is 4.90 Å². The number of imide groups is 1. The molecule has 3 aliphatic heterocycles. The largest absolute Gasteiger partial charge is 0.322 e. The quantitative estimate of drug-likeness (QED) is 0.330. The van der Waals surface area contributed by atoms with E-state index in [9.17, 15) is 14.4 Å². The third-order valence-corrected chi connectivity index (χ3v) is 9.30. The van der Waals surface area contributed by atoms with Gasteiger partial charge < -0.3 is 15.1 Å². The van der Waals surface area contributed by atoms with Gasteiger partial charge >= 0.3 is 0 Å². The van der Waals surface area contributed by atoms with Crippen LogP contribution < -0.4 is 10.6 Å². The average Bonchev–Trinajstić information content (AvgIpc) is 3.26. The molecule has 1 atom stereocenters. The molecule has 3 heterocycles. The lowest BCUT2D eigenvalue weighted by atomic mass is 9.88. The number of nitrogens with zero attached hydrogens (tertiary/aromatic N) is 2. The molecule has 4 aliphatic rings. The minimum Gasteiger partial charge on any atom is -0.322 e. The van der Waals surface area contributed by atoms with E-state index in [4.69, 9.17) is 0 Å². The molecular formula is C31H46N4O3. The molecule has 2 saturated heterocycles. The Kier molecular flexibility index (Phi) is 9.49. The van der Waals surface area contributed by atoms with Gasteiger partial charge in [-0.05, 0) is 94.2 Å². The maximum atomic E-state index is 13.0. The van der Waals surface area contributed by atoms with Crippen LogP contribution in [0.5, 0.6) is 0 Å². The summed E-state index contributed by atoms with van der Waals surface area (Å²) < 4.78 is 0. The highest BCUT2D eigenvalue weighted by Gasteiger charge is 2.39. The number of carbonyl (C=O) groups excluding carboxylic acids is 3. The fraction of sp³-hybridized carbons (Fsp3) is 0.710. The summed E-state index contributed by atoms with van der Waals surface area (Å²) >= 11 is 0. The van der Waals surface area contributed by atoms with Gasteiger partial charge in [0.05, 0.1) is 0 Å². The van der Waals surface area contributed by atoms with Gasteiger partial charge in [-0.1, -0.05) is 50.7 Å². The molecule has 1 aromatic carbocycles. The third kappa shape index (κ3) is 6.84. The Morgan fingerprint density at radius 3 is 2.42 bits per heavy atom. The molecule has 38 heavy (non-hydrogen) atoms. The van der Waals surface area contributed by atoms with Crippen LogP contribution in [0.25, 0.3) is 0 Å². The van der Waals surface area contributed by atoms with Crippen molar-refractivity contribution < 1.29 is 14.4 Å². The molecule has 1 aromatic rings. The first-order valence-electron chi connectivity index (χ1n) is 15.3. The van der Waals surface area contributed by atoms with Crippen LogP contribution in [0.3, 0.4) is 0 Å². The highest BCUT2D eigenvalue weighted by Crippen LogP contribution is 2.33. The number of rotatable bonds is 11. The van der Waals surface area contributed by atoms with Crippen molar-refractivity contribution >= 4 is 17.7 Å². The van der Waals surface area contributed by atoms with Crippen LogP contribution >= 0.6 is 0 Å². The SMILES string of the molecule is O=C1CCC(N2Cc3cc(C4CCN(CCCCCCCNC5CCCCC5)CC4)ccc3C2=O)C(=O)N1. The predicted octanol–water partition coefficient (Wildman–Crippen LogP) is 4.50. The van der Waals surface area contributed by atoms with Crippen molar-refractivity contribution in [2.24, 2.45) is 0 Å². The summed E-state index contributed by atoms with van der Waals surface area (Å²) in [6.07, 6.45) is 16.7. The maximum Gasteiger partial charge on any atom is 0.255 e. The summed E-state index contributed by atoms with van der Waals surface area (Å²) in [5.41, 5.74) is 3.05. The molecular weight excluding hydrogens is 476 g/mol. The molecule has 3 fully saturated rings. The van der Waals surface area contributed by atoms with Crippen molar-refractivity contribution in [3.05, 3.63) is 34.9 Å². The van der Waals surface area contributed by atoms with Gasteiger partial charge in [0.15, 0.2) is 0 Å². The van der Waals surface area contributed by atoms with Crippen molar-refractivity contribution in [3.63, 3.8) is 0 Å². The molecule has 0 spiro atoms. The van der Waals surface area contributed by atoms with Crippen LogP contribution in [0.4, 0.5) is 0 Å². The van der Waals surface area contributed by atoms with E-state index >= 15 is 0 Å². The van der Waals surface area contributed by atoms with Crippen LogP contribution in [-0.2, 0) is 16.1 Å². The molecule has 7 nitrogen and oxygen atoms in total. The molecule has 0 bridgehead atoms. The number of unbranched alkanes of at least 4 members (excludes halogenated alkanes) is 4. The molecule has 1 saturated carbocycles. The number of benzene rings is 1. The number of nitrogens with one attached hydrogen (secondary N) is 2. The summed E-state index contributed by atoms with van der Waals surface area (Å²) in [5, 5.41) is 6.15. The van der Waals surface area contributed by atoms with Gasteiger partial charge in [-0.15, -0.1) is 0 Å². The number of hydrogen-bond donors (Lipinski definition) is 2. The Labute approximate surface area is 228 Å². The van der Waals surface area contributed by atoms with Gasteiger partial charge in [0.1, 0.15) is 6.04 Å². The van der Waals surface area contributed by atoms with E-state index in [1.165, 1.54) is 82.9 Å². The van der Waals surface area contributed by atoms with Crippen LogP contribution in [0, 0.1) is 0 Å². The van der Waals surface area contributed by atoms with Crippen LogP contribution in [0.15, 0.2) is 18.2 Å². The number of fused-ring (bicyclic) bond motifs is 1. The van der Waals surface area contributed by atoms with E-state index < -0.39 is 6.04 Å². The third-order valence-electron chi connectivity index (χ3n) is 9.30. The van der Waals surface area contributed by atoms with Crippen molar-refractivity contribution in [2.75, 3.05) is 26.2 Å². The van der Waals surface area contributed by atoms with Gasteiger partial charge in [-0.3, -0.25) is 19.7 Å². The van der Waals surface area contributed by atoms with Gasteiger partial charge in [0.25, 0.3) is 5.91 Å². The molecule has 0 radical (unpaired) electrons. The first kappa shape index (κ1) is 27.3. The number of piperidine rings is 2. The lowest BCUT2D eigenvalue weighted by molar-refractivity contribution is -0.136. The van der Waals surface area contributed by atoms with Crippen molar-refractivity contribution in [2.45, 2.75) is 114 Å². The Balaban J connectivity index is 0.985. The fourth-order valence-corrected chi connectivity index (χ4v) is 6.94. The Morgan fingerprint density at radius 2 is 1.63 bits per heavy atom. The van der Waals surface area contributed by atoms with Gasteiger partial charge in [0, 0.05) is 24.6 Å². The first-order valence-corrected chi connectivity index (χ1v) is 15.3. The van der Waals surface area contributed by atoms with Crippen molar-refractivity contribution in [1.29, 1.82) is 0 Å². The number of carbonyl (C=O) groups is 3. The van der Waals surface area contributed by atoms with E-state index in [1.807, 2.05) is 6.07 Å². The van der Waals surface area contributed by atoms with Gasteiger partial charge in [-0.2, -0.15) is 0 Å². The monoisotopic (exact) mass is 522 g/mol. The van der Waals surface area contributed by atoms with Crippen molar-refractivity contribution in [1.82, 2.24) is 20.4 Å². The predicted molar refractivity (Wildman–Crippen MR) is 149 cm³/mol. The van der Waals surface area contributed by atoms with Crippen LogP contribution in [0.1, 0.15) is 117 Å². The molecule has 208 valence electrons. The summed E-state index contributed by atoms with van der Waals surface area (Å²) in [6, 6.07) is 6.52. The van der Waals surface area contributed by atoms with Gasteiger partial charge in [-0.25, -0.2) is 0 Å². The number of amides is 3. The number of hydrogen-bond acceptors (Lipinski definition) is 5. The van der Waals surface area contributed by atoms with Gasteiger partial charge in [0.2, 0.25) is 11.8 Å². The molecule has 3 amide bonds. The number of likely N-dealkylation sites (tertiary alicyclic amines) is 1. The molecule has 2 N–H and O–H groups in total. The minimum atomic E-state index is -0.544. The van der Waals surface area contributed by atoms with Crippen LogP contribution in [-0.4, -0.2) is 65.8 Å². The zero-order valence-electron chi connectivity index (χ0n) is 23.0. The highest BCUT2D eigenvalue weighted by atomic mass is 16.2. The first-order chi connectivity index (χ1) is 18.6. The molecule has 1 unspecified atom stereocenters. The highest BCUT2D eigenvalue weighted by molar-refractivity contribution is 6.05. The zero-order chi connectivity index (χ0) is 26.3. The standard InChI is InChI=1S/C31H46N4O3/c36-29-14-13-28(30(37)33-29)35-22-25-21-24(11-12-27(25)31(35)38)23-15-19-34(20-16-23)18-8-3-1-2-7-17-32-26-9-5-4-6-10-26/h11-12,21,23,26,28,32H,1-10,13-20,22H2,(H,33,36,37). The van der Waals surface area contributed by atoms with E-state index in [0.717, 1.165) is 37.5 Å². The Hall–Kier alpha value is -2.25. The average molecular weight is 523 g/mol. The lowest BCUT2D eigenvalue weighted by Crippen LogP contribution is -2.52. The summed E-state index contributed by atoms with van der Waals surface area (Å²) in [5.74, 6) is -0.146. The molecule has 5 rings (SSSR count). The summed E-state index contributed by atoms with van der Waals surface area (Å²) in [6.45, 7) is 5.17. The maximum absolute atomic E-state index is 13.0. The second-order valence-electron chi connectivity index (χ2n) is 12.0. The van der Waals surface area contributed by atoms with Crippen LogP contribution in [0.2, 0.25) is 0 Å².